The number of hydrogen-bond acceptors (Lipinski definition) is 4. The Bertz CT molecular complexity index is 796. The number of carbonyl (C=O) groups is 1. The van der Waals surface area contributed by atoms with Gasteiger partial charge in [-0.15, -0.1) is 0 Å². The topological polar surface area (TPSA) is 104 Å². The minimum atomic E-state index is -3.80. The van der Waals surface area contributed by atoms with Crippen molar-refractivity contribution in [1.82, 2.24) is 20.2 Å². The van der Waals surface area contributed by atoms with Crippen molar-refractivity contribution >= 4 is 15.9 Å². The van der Waals surface area contributed by atoms with E-state index >= 15 is 0 Å². The summed E-state index contributed by atoms with van der Waals surface area (Å²) in [6.45, 7) is 3.13. The van der Waals surface area contributed by atoms with Crippen molar-refractivity contribution in [3.05, 3.63) is 47.0 Å². The van der Waals surface area contributed by atoms with Gasteiger partial charge in [-0.1, -0.05) is 12.1 Å². The van der Waals surface area contributed by atoms with E-state index in [-0.39, 0.29) is 17.3 Å². The molecule has 0 atom stereocenters. The Hall–Kier alpha value is -2.26. The number of H-pyrrole nitrogens is 1. The number of aryl methyl sites for hydroxylation is 2. The average Bonchev–Trinajstić information content (AvgIpc) is 2.87. The first-order valence-corrected chi connectivity index (χ1v) is 8.80. The van der Waals surface area contributed by atoms with Crippen LogP contribution in [0.25, 0.3) is 0 Å². The zero-order valence-corrected chi connectivity index (χ0v) is 14.2. The first-order valence-electron chi connectivity index (χ1n) is 7.32. The number of nitrogens with zero attached hydrogens (tertiary/aromatic N) is 1. The molecule has 0 aliphatic heterocycles. The molecular formula is C15H19FN4O3S. The number of carbonyl (C=O) groups excluding carboxylic acids is 1. The molecule has 0 aliphatic rings. The number of sulfonamides is 1. The molecule has 0 aliphatic carbocycles. The second-order valence-corrected chi connectivity index (χ2v) is 7.02. The van der Waals surface area contributed by atoms with E-state index in [1.165, 1.54) is 12.1 Å². The van der Waals surface area contributed by atoms with E-state index in [4.69, 9.17) is 0 Å². The predicted octanol–water partition coefficient (Wildman–Crippen LogP) is 0.803. The third-order valence-corrected chi connectivity index (χ3v) is 5.06. The monoisotopic (exact) mass is 354 g/mol. The van der Waals surface area contributed by atoms with Gasteiger partial charge in [0, 0.05) is 6.54 Å². The number of rotatable bonds is 7. The third-order valence-electron chi connectivity index (χ3n) is 3.40. The molecule has 3 N–H and O–H groups in total. The van der Waals surface area contributed by atoms with Gasteiger partial charge in [-0.2, -0.15) is 5.10 Å². The van der Waals surface area contributed by atoms with Gasteiger partial charge in [-0.3, -0.25) is 9.89 Å². The SMILES string of the molecule is Cc1n[nH]c(C)c1S(=O)(=O)NCC(=O)NCCc1ccc(F)cc1. The number of aromatic nitrogens is 2. The third kappa shape index (κ3) is 4.62. The lowest BCUT2D eigenvalue weighted by atomic mass is 10.1. The molecule has 0 bridgehead atoms. The zero-order chi connectivity index (χ0) is 17.7. The first kappa shape index (κ1) is 18.1. The molecule has 1 aromatic heterocycles. The molecule has 0 saturated carbocycles. The lowest BCUT2D eigenvalue weighted by Gasteiger charge is -2.08. The van der Waals surface area contributed by atoms with Crippen LogP contribution in [-0.4, -0.2) is 37.6 Å². The van der Waals surface area contributed by atoms with Crippen molar-refractivity contribution < 1.29 is 17.6 Å². The van der Waals surface area contributed by atoms with Gasteiger partial charge in [0.25, 0.3) is 0 Å². The molecule has 0 saturated heterocycles. The molecule has 0 radical (unpaired) electrons. The van der Waals surface area contributed by atoms with E-state index in [9.17, 15) is 17.6 Å². The van der Waals surface area contributed by atoms with Crippen molar-refractivity contribution in [2.75, 3.05) is 13.1 Å². The second-order valence-electron chi connectivity index (χ2n) is 5.31. The molecule has 9 heteroatoms. The summed E-state index contributed by atoms with van der Waals surface area (Å²) in [4.78, 5) is 11.8. The summed E-state index contributed by atoms with van der Waals surface area (Å²) in [5.41, 5.74) is 1.63. The number of hydrogen-bond donors (Lipinski definition) is 3. The van der Waals surface area contributed by atoms with Crippen LogP contribution in [0.3, 0.4) is 0 Å². The van der Waals surface area contributed by atoms with E-state index in [1.54, 1.807) is 26.0 Å². The van der Waals surface area contributed by atoms with E-state index in [2.05, 4.69) is 20.2 Å². The van der Waals surface area contributed by atoms with Gasteiger partial charge in [-0.25, -0.2) is 17.5 Å². The van der Waals surface area contributed by atoms with Gasteiger partial charge in [0.2, 0.25) is 15.9 Å². The van der Waals surface area contributed by atoms with E-state index in [0.717, 1.165) is 5.56 Å². The van der Waals surface area contributed by atoms with Gasteiger partial charge in [0.1, 0.15) is 10.7 Å². The summed E-state index contributed by atoms with van der Waals surface area (Å²) in [7, 11) is -3.80. The highest BCUT2D eigenvalue weighted by Gasteiger charge is 2.22. The molecule has 7 nitrogen and oxygen atoms in total. The van der Waals surface area contributed by atoms with Crippen molar-refractivity contribution in [2.24, 2.45) is 0 Å². The maximum atomic E-state index is 12.8. The van der Waals surface area contributed by atoms with Crippen LogP contribution in [0.4, 0.5) is 4.39 Å². The van der Waals surface area contributed by atoms with Crippen molar-refractivity contribution in [3.63, 3.8) is 0 Å². The maximum Gasteiger partial charge on any atom is 0.244 e. The Morgan fingerprint density at radius 1 is 1.25 bits per heavy atom. The molecule has 24 heavy (non-hydrogen) atoms. The van der Waals surface area contributed by atoms with Crippen LogP contribution >= 0.6 is 0 Å². The first-order chi connectivity index (χ1) is 11.3. The average molecular weight is 354 g/mol. The molecule has 1 amide bonds. The summed E-state index contributed by atoms with van der Waals surface area (Å²) >= 11 is 0. The molecular weight excluding hydrogens is 335 g/mol. The highest BCUT2D eigenvalue weighted by atomic mass is 32.2. The van der Waals surface area contributed by atoms with Crippen molar-refractivity contribution in [1.29, 1.82) is 0 Å². The summed E-state index contributed by atoms with van der Waals surface area (Å²) in [5, 5.41) is 9.03. The number of aromatic amines is 1. The largest absolute Gasteiger partial charge is 0.355 e. The second kappa shape index (κ2) is 7.54. The van der Waals surface area contributed by atoms with Gasteiger partial charge in [-0.05, 0) is 38.0 Å². The van der Waals surface area contributed by atoms with Gasteiger partial charge >= 0.3 is 0 Å². The highest BCUT2D eigenvalue weighted by molar-refractivity contribution is 7.89. The summed E-state index contributed by atoms with van der Waals surface area (Å²) in [6.07, 6.45) is 0.527. The molecule has 1 heterocycles. The summed E-state index contributed by atoms with van der Waals surface area (Å²) in [5.74, 6) is -0.762. The molecule has 2 rings (SSSR count). The number of nitrogens with one attached hydrogen (secondary N) is 3. The predicted molar refractivity (Wildman–Crippen MR) is 86.4 cm³/mol. The molecule has 0 spiro atoms. The lowest BCUT2D eigenvalue weighted by molar-refractivity contribution is -0.119. The Labute approximate surface area is 139 Å². The van der Waals surface area contributed by atoms with Crippen LogP contribution in [0, 0.1) is 19.7 Å². The van der Waals surface area contributed by atoms with E-state index in [1.807, 2.05) is 0 Å². The normalized spacial score (nSPS) is 11.5. The molecule has 0 fully saturated rings. The Balaban J connectivity index is 1.81. The number of amides is 1. The minimum Gasteiger partial charge on any atom is -0.355 e. The lowest BCUT2D eigenvalue weighted by Crippen LogP contribution is -2.37. The quantitative estimate of drug-likeness (QED) is 0.684. The van der Waals surface area contributed by atoms with Crippen molar-refractivity contribution in [2.45, 2.75) is 25.2 Å². The van der Waals surface area contributed by atoms with E-state index in [0.29, 0.717) is 24.4 Å². The van der Waals surface area contributed by atoms with Crippen LogP contribution < -0.4 is 10.0 Å². The number of benzene rings is 1. The minimum absolute atomic E-state index is 0.0570. The van der Waals surface area contributed by atoms with Crippen LogP contribution in [-0.2, 0) is 21.2 Å². The van der Waals surface area contributed by atoms with Crippen molar-refractivity contribution in [3.8, 4) is 0 Å². The number of halogens is 1. The summed E-state index contributed by atoms with van der Waals surface area (Å²) in [6, 6.07) is 5.96. The van der Waals surface area contributed by atoms with Gasteiger partial charge in [0.15, 0.2) is 0 Å². The molecule has 1 aromatic carbocycles. The molecule has 2 aromatic rings. The summed E-state index contributed by atoms with van der Waals surface area (Å²) < 4.78 is 39.4. The van der Waals surface area contributed by atoms with Gasteiger partial charge < -0.3 is 5.32 Å². The van der Waals surface area contributed by atoms with Crippen LogP contribution in [0.1, 0.15) is 17.0 Å². The van der Waals surface area contributed by atoms with Crippen LogP contribution in [0.15, 0.2) is 29.2 Å². The Morgan fingerprint density at radius 2 is 1.92 bits per heavy atom. The van der Waals surface area contributed by atoms with Gasteiger partial charge in [0.05, 0.1) is 17.9 Å². The smallest absolute Gasteiger partial charge is 0.244 e. The fourth-order valence-electron chi connectivity index (χ4n) is 2.23. The standard InChI is InChI=1S/C15H19FN4O3S/c1-10-15(11(2)20-19-10)24(22,23)18-9-14(21)17-8-7-12-3-5-13(16)6-4-12/h3-6,18H,7-9H2,1-2H3,(H,17,21)(H,19,20). The maximum absolute atomic E-state index is 12.8. The van der Waals surface area contributed by atoms with Crippen LogP contribution in [0.5, 0.6) is 0 Å². The Morgan fingerprint density at radius 3 is 2.50 bits per heavy atom. The fourth-order valence-corrected chi connectivity index (χ4v) is 3.58. The molecule has 130 valence electrons. The zero-order valence-electron chi connectivity index (χ0n) is 13.4. The fraction of sp³-hybridized carbons (Fsp3) is 0.333. The van der Waals surface area contributed by atoms with E-state index < -0.39 is 15.9 Å². The Kier molecular flexibility index (Phi) is 5.68. The van der Waals surface area contributed by atoms with Crippen LogP contribution in [0.2, 0.25) is 0 Å². The highest BCUT2D eigenvalue weighted by Crippen LogP contribution is 2.15. The molecule has 0 unspecified atom stereocenters.